The number of carbonyl (C=O) groups is 1. The quantitative estimate of drug-likeness (QED) is 0.307. The fraction of sp³-hybridized carbons (Fsp3) is 0.400. The van der Waals surface area contributed by atoms with Crippen molar-refractivity contribution < 1.29 is 40.6 Å². The fourth-order valence-corrected chi connectivity index (χ4v) is 5.27. The SMILES string of the molecule is Cc1c(F)cccc1-c1cc(N2CCC[C@H]2CO)ncc1N(C)C(=O)C(C)(C)c1cc(C(F)(F)F)cc(C(F)(F)F)c1. The number of hydrogen-bond donors (Lipinski definition) is 1. The highest BCUT2D eigenvalue weighted by molar-refractivity contribution is 6.03. The normalized spacial score (nSPS) is 16.2. The number of aliphatic hydroxyl groups is 1. The highest BCUT2D eigenvalue weighted by atomic mass is 19.4. The van der Waals surface area contributed by atoms with Crippen molar-refractivity contribution >= 4 is 17.4 Å². The van der Waals surface area contributed by atoms with E-state index in [2.05, 4.69) is 4.98 Å². The van der Waals surface area contributed by atoms with Gasteiger partial charge in [-0.05, 0) is 80.6 Å². The first-order valence-corrected chi connectivity index (χ1v) is 13.2. The maximum Gasteiger partial charge on any atom is 0.416 e. The Morgan fingerprint density at radius 1 is 1.00 bits per heavy atom. The van der Waals surface area contributed by atoms with Gasteiger partial charge in [0.05, 0.1) is 41.1 Å². The van der Waals surface area contributed by atoms with Gasteiger partial charge in [0.25, 0.3) is 0 Å². The van der Waals surface area contributed by atoms with Crippen LogP contribution in [0.2, 0.25) is 0 Å². The highest BCUT2D eigenvalue weighted by Crippen LogP contribution is 2.41. The molecule has 0 unspecified atom stereocenters. The first-order chi connectivity index (χ1) is 19.5. The molecule has 1 saturated heterocycles. The Hall–Kier alpha value is -3.67. The van der Waals surface area contributed by atoms with Crippen molar-refractivity contribution in [1.82, 2.24) is 4.98 Å². The van der Waals surface area contributed by atoms with E-state index in [0.717, 1.165) is 17.7 Å². The first-order valence-electron chi connectivity index (χ1n) is 13.2. The van der Waals surface area contributed by atoms with Gasteiger partial charge in [-0.15, -0.1) is 0 Å². The van der Waals surface area contributed by atoms with Crippen LogP contribution in [-0.2, 0) is 22.6 Å². The van der Waals surface area contributed by atoms with Crippen molar-refractivity contribution in [3.05, 3.63) is 76.7 Å². The van der Waals surface area contributed by atoms with Crippen LogP contribution in [0.15, 0.2) is 48.7 Å². The number of halogens is 7. The van der Waals surface area contributed by atoms with Crippen molar-refractivity contribution in [1.29, 1.82) is 0 Å². The lowest BCUT2D eigenvalue weighted by Crippen LogP contribution is -2.42. The van der Waals surface area contributed by atoms with Gasteiger partial charge in [0, 0.05) is 19.2 Å². The lowest BCUT2D eigenvalue weighted by atomic mass is 9.81. The van der Waals surface area contributed by atoms with E-state index in [0.29, 0.717) is 35.6 Å². The molecule has 1 aromatic heterocycles. The minimum absolute atomic E-state index is 0.0131. The van der Waals surface area contributed by atoms with Crippen LogP contribution in [-0.4, -0.2) is 42.2 Å². The number of anilines is 2. The molecule has 1 fully saturated rings. The maximum atomic E-state index is 14.6. The molecule has 12 heteroatoms. The van der Waals surface area contributed by atoms with Gasteiger partial charge in [0.2, 0.25) is 5.91 Å². The van der Waals surface area contributed by atoms with Gasteiger partial charge in [-0.3, -0.25) is 4.79 Å². The summed E-state index contributed by atoms with van der Waals surface area (Å²) in [5.41, 5.74) is -4.13. The van der Waals surface area contributed by atoms with Crippen LogP contribution in [0.5, 0.6) is 0 Å². The van der Waals surface area contributed by atoms with Crippen molar-refractivity contribution in [2.45, 2.75) is 57.4 Å². The van der Waals surface area contributed by atoms with Gasteiger partial charge >= 0.3 is 12.4 Å². The molecule has 226 valence electrons. The third kappa shape index (κ3) is 5.95. The zero-order chi connectivity index (χ0) is 31.2. The number of alkyl halides is 6. The van der Waals surface area contributed by atoms with Crippen molar-refractivity contribution in [2.75, 3.05) is 30.0 Å². The molecule has 0 bridgehead atoms. The predicted octanol–water partition coefficient (Wildman–Crippen LogP) is 7.14. The Balaban J connectivity index is 1.84. The van der Waals surface area contributed by atoms with Crippen LogP contribution >= 0.6 is 0 Å². The molecule has 2 aromatic carbocycles. The zero-order valence-electron chi connectivity index (χ0n) is 23.4. The molecule has 42 heavy (non-hydrogen) atoms. The number of rotatable bonds is 6. The maximum absolute atomic E-state index is 14.6. The lowest BCUT2D eigenvalue weighted by Gasteiger charge is -2.32. The first kappa shape index (κ1) is 31.3. The molecule has 0 radical (unpaired) electrons. The number of benzene rings is 2. The molecule has 0 spiro atoms. The molecule has 3 aromatic rings. The number of aliphatic hydroxyl groups excluding tert-OH is 1. The Morgan fingerprint density at radius 3 is 2.17 bits per heavy atom. The number of pyridine rings is 1. The average molecular weight is 598 g/mol. The monoisotopic (exact) mass is 597 g/mol. The largest absolute Gasteiger partial charge is 0.416 e. The van der Waals surface area contributed by atoms with Gasteiger partial charge in [-0.1, -0.05) is 12.1 Å². The summed E-state index contributed by atoms with van der Waals surface area (Å²) in [6, 6.07) is 6.96. The summed E-state index contributed by atoms with van der Waals surface area (Å²) in [4.78, 5) is 21.4. The smallest absolute Gasteiger partial charge is 0.394 e. The van der Waals surface area contributed by atoms with Crippen LogP contribution in [0.3, 0.4) is 0 Å². The van der Waals surface area contributed by atoms with Crippen molar-refractivity contribution in [2.24, 2.45) is 0 Å². The Bertz CT molecular complexity index is 1450. The molecule has 1 aliphatic heterocycles. The molecule has 1 amide bonds. The minimum Gasteiger partial charge on any atom is -0.394 e. The highest BCUT2D eigenvalue weighted by Gasteiger charge is 2.41. The van der Waals surface area contributed by atoms with Gasteiger partial charge in [0.1, 0.15) is 11.6 Å². The van der Waals surface area contributed by atoms with Gasteiger partial charge in [-0.25, -0.2) is 9.37 Å². The summed E-state index contributed by atoms with van der Waals surface area (Å²) in [6.45, 7) is 4.53. The van der Waals surface area contributed by atoms with E-state index >= 15 is 0 Å². The van der Waals surface area contributed by atoms with E-state index in [-0.39, 0.29) is 30.0 Å². The Morgan fingerprint density at radius 2 is 1.60 bits per heavy atom. The van der Waals surface area contributed by atoms with E-state index in [1.54, 1.807) is 19.1 Å². The van der Waals surface area contributed by atoms with Crippen LogP contribution in [0.1, 0.15) is 48.9 Å². The number of hydrogen-bond acceptors (Lipinski definition) is 4. The average Bonchev–Trinajstić information content (AvgIpc) is 3.41. The third-order valence-corrected chi connectivity index (χ3v) is 7.82. The topological polar surface area (TPSA) is 56.7 Å². The van der Waals surface area contributed by atoms with E-state index in [1.165, 1.54) is 39.2 Å². The molecule has 1 aliphatic rings. The fourth-order valence-electron chi connectivity index (χ4n) is 5.27. The molecule has 5 nitrogen and oxygen atoms in total. The standard InChI is InChI=1S/C30H30F7N3O2/c1-17-22(8-5-9-24(17)31)23-14-26(40-10-6-7-21(40)16-41)38-15-25(23)39(4)27(42)28(2,3)18-11-19(29(32,33)34)13-20(12-18)30(35,36)37/h5,8-9,11-15,21,41H,6-7,10,16H2,1-4H3/t21-/m0/s1. The van der Waals surface area contributed by atoms with Gasteiger partial charge in [-0.2, -0.15) is 26.3 Å². The predicted molar refractivity (Wildman–Crippen MR) is 145 cm³/mol. The van der Waals surface area contributed by atoms with Crippen molar-refractivity contribution in [3.8, 4) is 11.1 Å². The molecule has 1 N–H and O–H groups in total. The summed E-state index contributed by atoms with van der Waals surface area (Å²) < 4.78 is 96.0. The molecular formula is C30H30F7N3O2. The molecule has 1 atom stereocenters. The van der Waals surface area contributed by atoms with Gasteiger partial charge in [0.15, 0.2) is 0 Å². The molecule has 2 heterocycles. The van der Waals surface area contributed by atoms with Crippen molar-refractivity contribution in [3.63, 3.8) is 0 Å². The van der Waals surface area contributed by atoms with E-state index in [4.69, 9.17) is 0 Å². The van der Waals surface area contributed by atoms with E-state index in [9.17, 15) is 40.6 Å². The summed E-state index contributed by atoms with van der Waals surface area (Å²) in [7, 11) is 1.34. The Kier molecular flexibility index (Phi) is 8.34. The molecule has 4 rings (SSSR count). The number of nitrogens with zero attached hydrogens (tertiary/aromatic N) is 3. The second kappa shape index (κ2) is 11.2. The second-order valence-corrected chi connectivity index (χ2v) is 10.9. The van der Waals surface area contributed by atoms with Crippen LogP contribution < -0.4 is 9.80 Å². The van der Waals surface area contributed by atoms with Crippen LogP contribution in [0.25, 0.3) is 11.1 Å². The summed E-state index contributed by atoms with van der Waals surface area (Å²) >= 11 is 0. The number of carbonyl (C=O) groups excluding carboxylic acids is 1. The van der Waals surface area contributed by atoms with Crippen LogP contribution in [0.4, 0.5) is 42.2 Å². The second-order valence-electron chi connectivity index (χ2n) is 10.9. The number of amides is 1. The molecule has 0 aliphatic carbocycles. The summed E-state index contributed by atoms with van der Waals surface area (Å²) in [5.74, 6) is -0.847. The summed E-state index contributed by atoms with van der Waals surface area (Å²) in [6.07, 6.45) is -7.25. The lowest BCUT2D eigenvalue weighted by molar-refractivity contribution is -0.143. The van der Waals surface area contributed by atoms with E-state index in [1.807, 2.05) is 4.90 Å². The Labute approximate surface area is 238 Å². The van der Waals surface area contributed by atoms with Gasteiger partial charge < -0.3 is 14.9 Å². The number of aromatic nitrogens is 1. The summed E-state index contributed by atoms with van der Waals surface area (Å²) in [5, 5.41) is 9.80. The van der Waals surface area contributed by atoms with E-state index < -0.39 is 46.2 Å². The minimum atomic E-state index is -5.08. The zero-order valence-corrected chi connectivity index (χ0v) is 23.4. The molecule has 0 saturated carbocycles. The molecular weight excluding hydrogens is 567 g/mol. The number of likely N-dealkylation sites (N-methyl/N-ethyl adjacent to an activating group) is 1. The third-order valence-electron chi connectivity index (χ3n) is 7.82. The van der Waals surface area contributed by atoms with Crippen LogP contribution in [0, 0.1) is 12.7 Å².